The molecule has 0 aromatic carbocycles. The summed E-state index contributed by atoms with van der Waals surface area (Å²) in [5.74, 6) is 0. The fourth-order valence-electron chi connectivity index (χ4n) is 1.69. The fraction of sp³-hybridized carbons (Fsp3) is 0.538. The van der Waals surface area contributed by atoms with Crippen LogP contribution in [0.25, 0.3) is 0 Å². The van der Waals surface area contributed by atoms with Gasteiger partial charge in [-0.1, -0.05) is 13.8 Å². The minimum absolute atomic E-state index is 0.0264. The molecule has 4 nitrogen and oxygen atoms in total. The van der Waals surface area contributed by atoms with Crippen LogP contribution in [0.4, 0.5) is 5.69 Å². The van der Waals surface area contributed by atoms with Gasteiger partial charge in [0.1, 0.15) is 6.07 Å². The van der Waals surface area contributed by atoms with Crippen molar-refractivity contribution in [3.8, 4) is 6.07 Å². The van der Waals surface area contributed by atoms with Gasteiger partial charge in [0, 0.05) is 19.3 Å². The van der Waals surface area contributed by atoms with Crippen molar-refractivity contribution in [3.63, 3.8) is 0 Å². The number of rotatable bonds is 5. The van der Waals surface area contributed by atoms with Gasteiger partial charge in [0.25, 0.3) is 0 Å². The highest BCUT2D eigenvalue weighted by Gasteiger charge is 2.21. The quantitative estimate of drug-likeness (QED) is 0.840. The maximum Gasteiger partial charge on any atom is 0.163 e. The summed E-state index contributed by atoms with van der Waals surface area (Å²) in [5.41, 5.74) is 7.14. The number of hydrogen-bond donors (Lipinski definition) is 1. The Morgan fingerprint density at radius 2 is 2.24 bits per heavy atom. The molecule has 0 unspecified atom stereocenters. The molecule has 0 saturated carbocycles. The first kappa shape index (κ1) is 13.5. The maximum absolute atomic E-state index is 9.05. The lowest BCUT2D eigenvalue weighted by molar-refractivity contribution is 0.379. The first-order chi connectivity index (χ1) is 8.04. The minimum Gasteiger partial charge on any atom is -0.369 e. The molecule has 1 rings (SSSR count). The lowest BCUT2D eigenvalue weighted by Gasteiger charge is -2.32. The van der Waals surface area contributed by atoms with Crippen molar-refractivity contribution in [2.75, 3.05) is 24.5 Å². The summed E-state index contributed by atoms with van der Waals surface area (Å²) < 4.78 is 0. The molecule has 4 heteroatoms. The summed E-state index contributed by atoms with van der Waals surface area (Å²) in [6, 6.07) is 5.92. The SMILES string of the molecule is CCN(CC(C)(C)CN)c1cccnc1C#N. The number of nitriles is 1. The number of hydrogen-bond acceptors (Lipinski definition) is 4. The van der Waals surface area contributed by atoms with Crippen molar-refractivity contribution < 1.29 is 0 Å². The molecule has 2 N–H and O–H groups in total. The third-order valence-electron chi connectivity index (χ3n) is 2.79. The van der Waals surface area contributed by atoms with E-state index in [-0.39, 0.29) is 5.41 Å². The molecular weight excluding hydrogens is 212 g/mol. The zero-order valence-corrected chi connectivity index (χ0v) is 10.8. The van der Waals surface area contributed by atoms with Gasteiger partial charge in [-0.25, -0.2) is 4.98 Å². The Labute approximate surface area is 103 Å². The van der Waals surface area contributed by atoms with Gasteiger partial charge >= 0.3 is 0 Å². The van der Waals surface area contributed by atoms with Crippen molar-refractivity contribution in [2.45, 2.75) is 20.8 Å². The van der Waals surface area contributed by atoms with Gasteiger partial charge in [0.05, 0.1) is 5.69 Å². The Balaban J connectivity index is 2.99. The van der Waals surface area contributed by atoms with Crippen LogP contribution >= 0.6 is 0 Å². The summed E-state index contributed by atoms with van der Waals surface area (Å²) in [5, 5.41) is 9.05. The first-order valence-electron chi connectivity index (χ1n) is 5.84. The van der Waals surface area contributed by atoms with Crippen molar-refractivity contribution >= 4 is 5.69 Å². The highest BCUT2D eigenvalue weighted by atomic mass is 15.1. The normalized spacial score (nSPS) is 11.0. The van der Waals surface area contributed by atoms with E-state index >= 15 is 0 Å². The molecule has 0 radical (unpaired) electrons. The summed E-state index contributed by atoms with van der Waals surface area (Å²) in [4.78, 5) is 6.24. The van der Waals surface area contributed by atoms with Crippen LogP contribution in [0.5, 0.6) is 0 Å². The molecule has 92 valence electrons. The predicted molar refractivity (Wildman–Crippen MR) is 69.7 cm³/mol. The third-order valence-corrected chi connectivity index (χ3v) is 2.79. The monoisotopic (exact) mass is 232 g/mol. The molecule has 0 atom stereocenters. The van der Waals surface area contributed by atoms with Crippen molar-refractivity contribution in [3.05, 3.63) is 24.0 Å². The number of nitrogens with two attached hydrogens (primary N) is 1. The number of anilines is 1. The zero-order chi connectivity index (χ0) is 12.9. The van der Waals surface area contributed by atoms with E-state index in [4.69, 9.17) is 11.0 Å². The Morgan fingerprint density at radius 1 is 1.53 bits per heavy atom. The van der Waals surface area contributed by atoms with E-state index in [0.29, 0.717) is 12.2 Å². The molecular formula is C13H20N4. The fourth-order valence-corrected chi connectivity index (χ4v) is 1.69. The van der Waals surface area contributed by atoms with Crippen LogP contribution in [0.3, 0.4) is 0 Å². The summed E-state index contributed by atoms with van der Waals surface area (Å²) in [6.07, 6.45) is 1.64. The molecule has 0 aliphatic heterocycles. The standard InChI is InChI=1S/C13H20N4/c1-4-17(10-13(2,3)9-15)12-6-5-7-16-11(12)8-14/h5-7H,4,9-10,15H2,1-3H3. The van der Waals surface area contributed by atoms with Crippen LogP contribution < -0.4 is 10.6 Å². The van der Waals surface area contributed by atoms with Crippen LogP contribution in [-0.2, 0) is 0 Å². The van der Waals surface area contributed by atoms with Gasteiger partial charge in [-0.05, 0) is 31.0 Å². The van der Waals surface area contributed by atoms with Crippen LogP contribution in [0.2, 0.25) is 0 Å². The Bertz CT molecular complexity index is 406. The molecule has 0 spiro atoms. The Kier molecular flexibility index (Phi) is 4.47. The summed E-state index contributed by atoms with van der Waals surface area (Å²) >= 11 is 0. The van der Waals surface area contributed by atoms with E-state index in [1.54, 1.807) is 6.20 Å². The zero-order valence-electron chi connectivity index (χ0n) is 10.8. The van der Waals surface area contributed by atoms with Crippen LogP contribution in [-0.4, -0.2) is 24.6 Å². The maximum atomic E-state index is 9.05. The number of aromatic nitrogens is 1. The molecule has 17 heavy (non-hydrogen) atoms. The Morgan fingerprint density at radius 3 is 2.76 bits per heavy atom. The lowest BCUT2D eigenvalue weighted by Crippen LogP contribution is -2.39. The average Bonchev–Trinajstić information content (AvgIpc) is 2.36. The van der Waals surface area contributed by atoms with E-state index in [9.17, 15) is 0 Å². The second kappa shape index (κ2) is 5.65. The molecule has 0 saturated heterocycles. The van der Waals surface area contributed by atoms with Gasteiger partial charge in [-0.2, -0.15) is 5.26 Å². The highest BCUT2D eigenvalue weighted by Crippen LogP contribution is 2.22. The van der Waals surface area contributed by atoms with E-state index in [2.05, 4.69) is 36.7 Å². The average molecular weight is 232 g/mol. The Hall–Kier alpha value is -1.60. The largest absolute Gasteiger partial charge is 0.369 e. The van der Waals surface area contributed by atoms with Gasteiger partial charge in [-0.3, -0.25) is 0 Å². The third kappa shape index (κ3) is 3.43. The van der Waals surface area contributed by atoms with Crippen LogP contribution in [0.1, 0.15) is 26.5 Å². The molecule has 0 amide bonds. The topological polar surface area (TPSA) is 65.9 Å². The van der Waals surface area contributed by atoms with E-state index in [0.717, 1.165) is 18.8 Å². The van der Waals surface area contributed by atoms with Gasteiger partial charge in [0.15, 0.2) is 5.69 Å². The summed E-state index contributed by atoms with van der Waals surface area (Å²) in [6.45, 7) is 8.59. The smallest absolute Gasteiger partial charge is 0.163 e. The molecule has 0 aliphatic rings. The molecule has 0 fully saturated rings. The minimum atomic E-state index is 0.0264. The van der Waals surface area contributed by atoms with E-state index in [1.807, 2.05) is 12.1 Å². The van der Waals surface area contributed by atoms with Gasteiger partial charge < -0.3 is 10.6 Å². The second-order valence-electron chi connectivity index (χ2n) is 4.87. The highest BCUT2D eigenvalue weighted by molar-refractivity contribution is 5.55. The predicted octanol–water partition coefficient (Wildman–Crippen LogP) is 1.76. The van der Waals surface area contributed by atoms with Crippen molar-refractivity contribution in [2.24, 2.45) is 11.1 Å². The van der Waals surface area contributed by atoms with Gasteiger partial charge in [0.2, 0.25) is 0 Å². The molecule has 1 heterocycles. The molecule has 0 aliphatic carbocycles. The molecule has 1 aromatic rings. The van der Waals surface area contributed by atoms with Crippen LogP contribution in [0.15, 0.2) is 18.3 Å². The number of nitrogens with zero attached hydrogens (tertiary/aromatic N) is 3. The van der Waals surface area contributed by atoms with Crippen molar-refractivity contribution in [1.29, 1.82) is 5.26 Å². The number of pyridine rings is 1. The lowest BCUT2D eigenvalue weighted by atomic mass is 9.93. The summed E-state index contributed by atoms with van der Waals surface area (Å²) in [7, 11) is 0. The van der Waals surface area contributed by atoms with Crippen molar-refractivity contribution in [1.82, 2.24) is 4.98 Å². The second-order valence-corrected chi connectivity index (χ2v) is 4.87. The van der Waals surface area contributed by atoms with Gasteiger partial charge in [-0.15, -0.1) is 0 Å². The molecule has 0 bridgehead atoms. The van der Waals surface area contributed by atoms with Crippen LogP contribution in [0, 0.1) is 16.7 Å². The first-order valence-corrected chi connectivity index (χ1v) is 5.84. The van der Waals surface area contributed by atoms with E-state index < -0.39 is 0 Å². The van der Waals surface area contributed by atoms with E-state index in [1.165, 1.54) is 0 Å². The molecule has 1 aromatic heterocycles.